The number of rotatable bonds is 3. The Morgan fingerprint density at radius 1 is 1.69 bits per heavy atom. The minimum atomic E-state index is -0.629. The molecule has 88 valence electrons. The molecule has 1 aliphatic heterocycles. The van der Waals surface area contributed by atoms with Gasteiger partial charge in [0, 0.05) is 13.1 Å². The van der Waals surface area contributed by atoms with E-state index in [1.807, 2.05) is 24.0 Å². The average molecular weight is 304 g/mol. The maximum absolute atomic E-state index is 11.9. The van der Waals surface area contributed by atoms with Gasteiger partial charge in [0.05, 0.1) is 20.8 Å². The summed E-state index contributed by atoms with van der Waals surface area (Å²) in [7, 11) is 0. The maximum Gasteiger partial charge on any atom is 0.186 e. The fraction of sp³-hybridized carbons (Fsp3) is 0.545. The smallest absolute Gasteiger partial charge is 0.186 e. The number of ketones is 1. The van der Waals surface area contributed by atoms with Gasteiger partial charge in [-0.15, -0.1) is 11.3 Å². The normalized spacial score (nSPS) is 26.2. The van der Waals surface area contributed by atoms with Gasteiger partial charge in [0.25, 0.3) is 0 Å². The topological polar surface area (TPSA) is 40.5 Å². The Balaban J connectivity index is 1.94. The Morgan fingerprint density at radius 3 is 2.94 bits per heavy atom. The molecule has 16 heavy (non-hydrogen) atoms. The number of thiophene rings is 1. The molecule has 1 fully saturated rings. The number of halogens is 1. The zero-order valence-electron chi connectivity index (χ0n) is 9.07. The first-order chi connectivity index (χ1) is 7.46. The van der Waals surface area contributed by atoms with Gasteiger partial charge in [0.1, 0.15) is 0 Å². The van der Waals surface area contributed by atoms with Gasteiger partial charge in [-0.1, -0.05) is 0 Å². The van der Waals surface area contributed by atoms with Crippen molar-refractivity contribution < 1.29 is 9.90 Å². The third kappa shape index (κ3) is 2.91. The van der Waals surface area contributed by atoms with Gasteiger partial charge in [-0.3, -0.25) is 9.69 Å². The summed E-state index contributed by atoms with van der Waals surface area (Å²) < 4.78 is 0.976. The molecule has 2 heterocycles. The second kappa shape index (κ2) is 4.56. The molecule has 0 aliphatic carbocycles. The number of carbonyl (C=O) groups excluding carboxylic acids is 1. The molecule has 0 spiro atoms. The van der Waals surface area contributed by atoms with E-state index in [1.54, 1.807) is 0 Å². The van der Waals surface area contributed by atoms with E-state index in [-0.39, 0.29) is 5.78 Å². The Morgan fingerprint density at radius 2 is 2.44 bits per heavy atom. The molecule has 1 aromatic rings. The zero-order chi connectivity index (χ0) is 11.8. The van der Waals surface area contributed by atoms with Crippen LogP contribution < -0.4 is 0 Å². The highest BCUT2D eigenvalue weighted by molar-refractivity contribution is 9.11. The fourth-order valence-corrected chi connectivity index (χ4v) is 3.23. The molecule has 1 aliphatic rings. The van der Waals surface area contributed by atoms with Crippen molar-refractivity contribution in [3.63, 3.8) is 0 Å². The van der Waals surface area contributed by atoms with Gasteiger partial charge in [-0.2, -0.15) is 0 Å². The monoisotopic (exact) mass is 303 g/mol. The second-order valence-corrected chi connectivity index (χ2v) is 6.95. The number of hydrogen-bond acceptors (Lipinski definition) is 4. The highest BCUT2D eigenvalue weighted by atomic mass is 79.9. The van der Waals surface area contributed by atoms with E-state index in [1.165, 1.54) is 11.3 Å². The fourth-order valence-electron chi connectivity index (χ4n) is 1.92. The largest absolute Gasteiger partial charge is 0.389 e. The first-order valence-electron chi connectivity index (χ1n) is 5.19. The van der Waals surface area contributed by atoms with E-state index in [2.05, 4.69) is 15.9 Å². The van der Waals surface area contributed by atoms with Crippen LogP contribution in [0.5, 0.6) is 0 Å². The van der Waals surface area contributed by atoms with E-state index >= 15 is 0 Å². The predicted octanol–water partition coefficient (Wildman–Crippen LogP) is 2.15. The van der Waals surface area contributed by atoms with Crippen LogP contribution in [0, 0.1) is 0 Å². The van der Waals surface area contributed by atoms with Crippen LogP contribution in [0.4, 0.5) is 0 Å². The van der Waals surface area contributed by atoms with Gasteiger partial charge in [-0.25, -0.2) is 0 Å². The maximum atomic E-state index is 11.9. The lowest BCUT2D eigenvalue weighted by Gasteiger charge is -2.17. The van der Waals surface area contributed by atoms with Crippen LogP contribution in [0.25, 0.3) is 0 Å². The Bertz CT molecular complexity index is 402. The predicted molar refractivity (Wildman–Crippen MR) is 68.0 cm³/mol. The summed E-state index contributed by atoms with van der Waals surface area (Å²) in [5.41, 5.74) is -0.629. The summed E-state index contributed by atoms with van der Waals surface area (Å²) >= 11 is 4.80. The van der Waals surface area contributed by atoms with E-state index in [0.717, 1.165) is 21.6 Å². The number of aliphatic hydroxyl groups is 1. The second-order valence-electron chi connectivity index (χ2n) is 4.48. The number of Topliss-reactive ketones (excluding diaryl/α,β-unsaturated/α-hetero) is 1. The van der Waals surface area contributed by atoms with E-state index in [0.29, 0.717) is 13.1 Å². The van der Waals surface area contributed by atoms with Gasteiger partial charge >= 0.3 is 0 Å². The van der Waals surface area contributed by atoms with E-state index in [9.17, 15) is 9.90 Å². The summed E-state index contributed by atoms with van der Waals surface area (Å²) in [6, 6.07) is 3.73. The van der Waals surface area contributed by atoms with Crippen molar-refractivity contribution in [3.8, 4) is 0 Å². The molecule has 3 nitrogen and oxygen atoms in total. The first-order valence-corrected chi connectivity index (χ1v) is 6.80. The van der Waals surface area contributed by atoms with Crippen LogP contribution in [0.15, 0.2) is 15.9 Å². The summed E-state index contributed by atoms with van der Waals surface area (Å²) in [5.74, 6) is 0.133. The van der Waals surface area contributed by atoms with E-state index in [4.69, 9.17) is 0 Å². The van der Waals surface area contributed by atoms with Crippen molar-refractivity contribution in [1.82, 2.24) is 4.90 Å². The van der Waals surface area contributed by atoms with Crippen LogP contribution in [0.1, 0.15) is 23.0 Å². The number of likely N-dealkylation sites (tertiary alicyclic amines) is 1. The Hall–Kier alpha value is -0.230. The van der Waals surface area contributed by atoms with Crippen LogP contribution in [0.3, 0.4) is 0 Å². The van der Waals surface area contributed by atoms with Crippen molar-refractivity contribution in [1.29, 1.82) is 0 Å². The Labute approximate surface area is 107 Å². The van der Waals surface area contributed by atoms with Crippen molar-refractivity contribution in [3.05, 3.63) is 20.8 Å². The van der Waals surface area contributed by atoms with Gasteiger partial charge in [0.15, 0.2) is 5.78 Å². The lowest BCUT2D eigenvalue weighted by molar-refractivity contribution is 0.0670. The molecule has 1 unspecified atom stereocenters. The van der Waals surface area contributed by atoms with Crippen LogP contribution in [-0.2, 0) is 0 Å². The highest BCUT2D eigenvalue weighted by Gasteiger charge is 2.32. The third-order valence-electron chi connectivity index (χ3n) is 2.75. The molecule has 0 bridgehead atoms. The molecular weight excluding hydrogens is 290 g/mol. The molecule has 1 saturated heterocycles. The van der Waals surface area contributed by atoms with Gasteiger partial charge in [0.2, 0.25) is 0 Å². The summed E-state index contributed by atoms with van der Waals surface area (Å²) in [4.78, 5) is 14.7. The van der Waals surface area contributed by atoms with Crippen molar-refractivity contribution in [2.45, 2.75) is 18.9 Å². The molecular formula is C11H14BrNO2S. The quantitative estimate of drug-likeness (QED) is 0.870. The van der Waals surface area contributed by atoms with Crippen molar-refractivity contribution >= 4 is 33.0 Å². The van der Waals surface area contributed by atoms with Gasteiger partial charge < -0.3 is 5.11 Å². The first kappa shape index (κ1) is 12.2. The van der Waals surface area contributed by atoms with Crippen LogP contribution in [-0.4, -0.2) is 41.0 Å². The third-order valence-corrected chi connectivity index (χ3v) is 4.41. The van der Waals surface area contributed by atoms with Crippen LogP contribution >= 0.6 is 27.3 Å². The number of nitrogens with zero attached hydrogens (tertiary/aromatic N) is 1. The number of hydrogen-bond donors (Lipinski definition) is 1. The molecule has 1 N–H and O–H groups in total. The molecule has 0 amide bonds. The standard InChI is InChI=1S/C11H14BrNO2S/c1-11(15)4-5-13(7-11)6-8(14)9-2-3-10(12)16-9/h2-3,15H,4-7H2,1H3. The lowest BCUT2D eigenvalue weighted by atomic mass is 10.1. The number of β-amino-alcohol motifs (C(OH)–C–C–N with tert-alkyl or cyclic N) is 1. The van der Waals surface area contributed by atoms with Crippen molar-refractivity contribution in [2.24, 2.45) is 0 Å². The number of carbonyl (C=O) groups is 1. The van der Waals surface area contributed by atoms with E-state index < -0.39 is 5.60 Å². The highest BCUT2D eigenvalue weighted by Crippen LogP contribution is 2.24. The van der Waals surface area contributed by atoms with Crippen LogP contribution in [0.2, 0.25) is 0 Å². The molecule has 1 aromatic heterocycles. The zero-order valence-corrected chi connectivity index (χ0v) is 11.5. The average Bonchev–Trinajstić information content (AvgIpc) is 2.73. The molecule has 2 rings (SSSR count). The summed E-state index contributed by atoms with van der Waals surface area (Å²) in [6.45, 7) is 3.61. The molecule has 1 atom stereocenters. The lowest BCUT2D eigenvalue weighted by Crippen LogP contribution is -2.32. The van der Waals surface area contributed by atoms with Crippen molar-refractivity contribution in [2.75, 3.05) is 19.6 Å². The van der Waals surface area contributed by atoms with Gasteiger partial charge in [-0.05, 0) is 41.4 Å². The molecule has 5 heteroatoms. The molecule has 0 aromatic carbocycles. The molecule has 0 saturated carbocycles. The minimum Gasteiger partial charge on any atom is -0.389 e. The summed E-state index contributed by atoms with van der Waals surface area (Å²) in [5, 5.41) is 9.79. The SMILES string of the molecule is CC1(O)CCN(CC(=O)c2ccc(Br)s2)C1. The Kier molecular flexibility index (Phi) is 3.49. The molecule has 0 radical (unpaired) electrons. The minimum absolute atomic E-state index is 0.133. The summed E-state index contributed by atoms with van der Waals surface area (Å²) in [6.07, 6.45) is 0.744.